The van der Waals surface area contributed by atoms with Gasteiger partial charge in [-0.05, 0) is 28.1 Å². The second kappa shape index (κ2) is 5.44. The first-order valence-corrected chi connectivity index (χ1v) is 6.30. The predicted molar refractivity (Wildman–Crippen MR) is 72.1 cm³/mol. The van der Waals surface area contributed by atoms with Gasteiger partial charge in [0.25, 0.3) is 11.8 Å². The predicted octanol–water partition coefficient (Wildman–Crippen LogP) is 1.85. The van der Waals surface area contributed by atoms with Gasteiger partial charge in [-0.15, -0.1) is 0 Å². The summed E-state index contributed by atoms with van der Waals surface area (Å²) in [6.07, 6.45) is 1.26. The normalized spacial score (nSPS) is 14.7. The molecule has 0 fully saturated rings. The maximum atomic E-state index is 11.8. The van der Waals surface area contributed by atoms with Gasteiger partial charge in [-0.1, -0.05) is 0 Å². The molecular formula is C13H12BrNO4. The van der Waals surface area contributed by atoms with Gasteiger partial charge in [-0.25, -0.2) is 0 Å². The van der Waals surface area contributed by atoms with Gasteiger partial charge in [0.1, 0.15) is 11.5 Å². The third-order valence-corrected chi connectivity index (χ3v) is 3.36. The van der Waals surface area contributed by atoms with Gasteiger partial charge >= 0.3 is 0 Å². The van der Waals surface area contributed by atoms with Crippen molar-refractivity contribution < 1.29 is 19.1 Å². The number of nitrogens with zero attached hydrogens (tertiary/aromatic N) is 1. The molecule has 0 bridgehead atoms. The van der Waals surface area contributed by atoms with Crippen LogP contribution in [-0.2, 0) is 16.1 Å². The van der Waals surface area contributed by atoms with E-state index in [4.69, 9.17) is 9.47 Å². The number of hydrogen-bond donors (Lipinski definition) is 0. The monoisotopic (exact) mass is 325 g/mol. The van der Waals surface area contributed by atoms with Gasteiger partial charge in [0.2, 0.25) is 0 Å². The fraction of sp³-hybridized carbons (Fsp3) is 0.231. The second-order valence-corrected chi connectivity index (χ2v) is 4.75. The standard InChI is InChI=1S/C13H12BrNO4/c1-18-9-4-3-8(11(5-9)19-2)7-15-12(16)6-10(14)13(15)17/h3-6H,7H2,1-2H3. The SMILES string of the molecule is COc1ccc(CN2C(=O)C=C(Br)C2=O)c(OC)c1. The van der Waals surface area contributed by atoms with Crippen LogP contribution in [0.3, 0.4) is 0 Å². The van der Waals surface area contributed by atoms with E-state index in [0.717, 1.165) is 10.5 Å². The Kier molecular flexibility index (Phi) is 3.90. The molecule has 0 unspecified atom stereocenters. The molecule has 0 saturated heterocycles. The highest BCUT2D eigenvalue weighted by molar-refractivity contribution is 9.12. The maximum Gasteiger partial charge on any atom is 0.268 e. The molecule has 19 heavy (non-hydrogen) atoms. The van der Waals surface area contributed by atoms with Crippen molar-refractivity contribution >= 4 is 27.7 Å². The summed E-state index contributed by atoms with van der Waals surface area (Å²) < 4.78 is 10.6. The van der Waals surface area contributed by atoms with E-state index in [2.05, 4.69) is 15.9 Å². The molecule has 5 nitrogen and oxygen atoms in total. The van der Waals surface area contributed by atoms with Crippen LogP contribution in [0.15, 0.2) is 28.8 Å². The summed E-state index contributed by atoms with van der Waals surface area (Å²) in [6, 6.07) is 5.23. The van der Waals surface area contributed by atoms with Gasteiger partial charge < -0.3 is 9.47 Å². The molecule has 1 aromatic carbocycles. The molecule has 0 radical (unpaired) electrons. The van der Waals surface area contributed by atoms with E-state index in [1.54, 1.807) is 25.3 Å². The number of imide groups is 1. The molecule has 0 atom stereocenters. The van der Waals surface area contributed by atoms with Crippen molar-refractivity contribution in [2.45, 2.75) is 6.54 Å². The molecule has 6 heteroatoms. The van der Waals surface area contributed by atoms with E-state index in [9.17, 15) is 9.59 Å². The number of carbonyl (C=O) groups excluding carboxylic acids is 2. The summed E-state index contributed by atoms with van der Waals surface area (Å²) in [7, 11) is 3.09. The van der Waals surface area contributed by atoms with Crippen LogP contribution in [0.1, 0.15) is 5.56 Å². The van der Waals surface area contributed by atoms with Gasteiger partial charge in [0.05, 0.1) is 25.2 Å². The first kappa shape index (κ1) is 13.6. The Bertz CT molecular complexity index is 568. The third kappa shape index (κ3) is 2.63. The molecule has 100 valence electrons. The Morgan fingerprint density at radius 1 is 1.21 bits per heavy atom. The van der Waals surface area contributed by atoms with Crippen LogP contribution in [0.4, 0.5) is 0 Å². The number of amides is 2. The molecule has 2 amide bonds. The lowest BCUT2D eigenvalue weighted by Gasteiger charge is -2.16. The Balaban J connectivity index is 2.25. The van der Waals surface area contributed by atoms with Gasteiger partial charge in [-0.3, -0.25) is 14.5 Å². The van der Waals surface area contributed by atoms with Crippen molar-refractivity contribution in [2.75, 3.05) is 14.2 Å². The van der Waals surface area contributed by atoms with Gasteiger partial charge in [0.15, 0.2) is 0 Å². The van der Waals surface area contributed by atoms with Gasteiger partial charge in [-0.2, -0.15) is 0 Å². The lowest BCUT2D eigenvalue weighted by atomic mass is 10.1. The maximum absolute atomic E-state index is 11.8. The van der Waals surface area contributed by atoms with Crippen LogP contribution in [0.5, 0.6) is 11.5 Å². The minimum atomic E-state index is -0.345. The zero-order chi connectivity index (χ0) is 14.0. The van der Waals surface area contributed by atoms with Crippen molar-refractivity contribution in [3.05, 3.63) is 34.3 Å². The molecule has 0 saturated carbocycles. The highest BCUT2D eigenvalue weighted by Crippen LogP contribution is 2.28. The fourth-order valence-corrected chi connectivity index (χ4v) is 2.19. The van der Waals surface area contributed by atoms with E-state index < -0.39 is 0 Å². The van der Waals surface area contributed by atoms with Crippen molar-refractivity contribution in [3.63, 3.8) is 0 Å². The molecule has 2 rings (SSSR count). The number of carbonyl (C=O) groups is 2. The summed E-state index contributed by atoms with van der Waals surface area (Å²) >= 11 is 3.05. The Labute approximate surface area is 118 Å². The number of methoxy groups -OCH3 is 2. The van der Waals surface area contributed by atoms with E-state index in [1.165, 1.54) is 13.2 Å². The highest BCUT2D eigenvalue weighted by atomic mass is 79.9. The first-order valence-electron chi connectivity index (χ1n) is 5.50. The number of halogens is 1. The number of rotatable bonds is 4. The average Bonchev–Trinajstić information content (AvgIpc) is 2.65. The van der Waals surface area contributed by atoms with E-state index in [0.29, 0.717) is 11.5 Å². The smallest absolute Gasteiger partial charge is 0.268 e. The van der Waals surface area contributed by atoms with Crippen LogP contribution in [0, 0.1) is 0 Å². The second-order valence-electron chi connectivity index (χ2n) is 3.90. The Hall–Kier alpha value is -1.82. The number of ether oxygens (including phenoxy) is 2. The number of hydrogen-bond acceptors (Lipinski definition) is 4. The van der Waals surface area contributed by atoms with Crippen LogP contribution >= 0.6 is 15.9 Å². The van der Waals surface area contributed by atoms with Crippen LogP contribution < -0.4 is 9.47 Å². The molecule has 0 aliphatic carbocycles. The third-order valence-electron chi connectivity index (χ3n) is 2.79. The largest absolute Gasteiger partial charge is 0.497 e. The van der Waals surface area contributed by atoms with E-state index >= 15 is 0 Å². The average molecular weight is 326 g/mol. The van der Waals surface area contributed by atoms with Crippen LogP contribution in [0.25, 0.3) is 0 Å². The fourth-order valence-electron chi connectivity index (χ4n) is 1.78. The minimum absolute atomic E-state index is 0.163. The summed E-state index contributed by atoms with van der Waals surface area (Å²) in [5, 5.41) is 0. The zero-order valence-electron chi connectivity index (χ0n) is 10.5. The van der Waals surface area contributed by atoms with E-state index in [1.807, 2.05) is 0 Å². The molecule has 0 aromatic heterocycles. The van der Waals surface area contributed by atoms with E-state index in [-0.39, 0.29) is 22.8 Å². The zero-order valence-corrected chi connectivity index (χ0v) is 12.1. The molecule has 1 aromatic rings. The van der Waals surface area contributed by atoms with Crippen molar-refractivity contribution in [2.24, 2.45) is 0 Å². The van der Waals surface area contributed by atoms with Crippen molar-refractivity contribution in [1.82, 2.24) is 4.90 Å². The summed E-state index contributed by atoms with van der Waals surface area (Å²) in [4.78, 5) is 24.6. The lowest BCUT2D eigenvalue weighted by molar-refractivity contribution is -0.137. The van der Waals surface area contributed by atoms with Crippen molar-refractivity contribution in [1.29, 1.82) is 0 Å². The lowest BCUT2D eigenvalue weighted by Crippen LogP contribution is -2.30. The highest BCUT2D eigenvalue weighted by Gasteiger charge is 2.30. The molecule has 1 aliphatic heterocycles. The topological polar surface area (TPSA) is 55.8 Å². The quantitative estimate of drug-likeness (QED) is 0.793. The Morgan fingerprint density at radius 3 is 2.47 bits per heavy atom. The first-order chi connectivity index (χ1) is 9.06. The Morgan fingerprint density at radius 2 is 1.95 bits per heavy atom. The summed E-state index contributed by atoms with van der Waals surface area (Å²) in [5.41, 5.74) is 0.737. The molecule has 0 N–H and O–H groups in total. The molecule has 1 aliphatic rings. The molecule has 1 heterocycles. The van der Waals surface area contributed by atoms with Gasteiger partial charge in [0, 0.05) is 17.7 Å². The summed E-state index contributed by atoms with van der Waals surface area (Å²) in [6.45, 7) is 0.163. The van der Waals surface area contributed by atoms with Crippen LogP contribution in [-0.4, -0.2) is 30.9 Å². The minimum Gasteiger partial charge on any atom is -0.497 e. The van der Waals surface area contributed by atoms with Crippen LogP contribution in [0.2, 0.25) is 0 Å². The summed E-state index contributed by atoms with van der Waals surface area (Å²) in [5.74, 6) is 0.541. The molecular weight excluding hydrogens is 314 g/mol. The van der Waals surface area contributed by atoms with Crippen molar-refractivity contribution in [3.8, 4) is 11.5 Å². The number of benzene rings is 1. The molecule has 0 spiro atoms.